The van der Waals surface area contributed by atoms with Crippen molar-refractivity contribution in [3.8, 4) is 0 Å². The van der Waals surface area contributed by atoms with Gasteiger partial charge in [-0.2, -0.15) is 0 Å². The number of nitrogens with one attached hydrogen (secondary N) is 3. The van der Waals surface area contributed by atoms with Crippen LogP contribution in [-0.2, 0) is 11.3 Å². The lowest BCUT2D eigenvalue weighted by molar-refractivity contribution is -0.121. The van der Waals surface area contributed by atoms with Gasteiger partial charge in [0, 0.05) is 31.2 Å². The molecule has 0 bridgehead atoms. The maximum Gasteiger partial charge on any atom is 0.221 e. The lowest BCUT2D eigenvalue weighted by atomic mass is 10.3. The lowest BCUT2D eigenvalue weighted by Crippen LogP contribution is -2.29. The monoisotopic (exact) mass is 222 g/mol. The first kappa shape index (κ1) is 11.1. The second kappa shape index (κ2) is 5.12. The molecule has 1 aliphatic rings. The van der Waals surface area contributed by atoms with Crippen LogP contribution < -0.4 is 10.6 Å². The van der Waals surface area contributed by atoms with Crippen molar-refractivity contribution < 1.29 is 4.79 Å². The van der Waals surface area contributed by atoms with Crippen molar-refractivity contribution in [3.63, 3.8) is 0 Å². The van der Waals surface area contributed by atoms with E-state index in [0.717, 1.165) is 24.2 Å². The summed E-state index contributed by atoms with van der Waals surface area (Å²) >= 11 is 0. The van der Waals surface area contributed by atoms with Crippen LogP contribution >= 0.6 is 0 Å². The third-order valence-corrected chi connectivity index (χ3v) is 2.70. The van der Waals surface area contributed by atoms with Gasteiger partial charge in [0.15, 0.2) is 0 Å². The number of carbonyl (C=O) groups excluding carboxylic acids is 1. The fourth-order valence-corrected chi connectivity index (χ4v) is 1.50. The molecule has 3 N–H and O–H groups in total. The summed E-state index contributed by atoms with van der Waals surface area (Å²) < 4.78 is 0. The Morgan fingerprint density at radius 1 is 1.62 bits per heavy atom. The van der Waals surface area contributed by atoms with Crippen LogP contribution in [0.5, 0.6) is 0 Å². The maximum atomic E-state index is 11.3. The van der Waals surface area contributed by atoms with Crippen LogP contribution in [-0.4, -0.2) is 28.5 Å². The van der Waals surface area contributed by atoms with Gasteiger partial charge in [-0.1, -0.05) is 0 Å². The fraction of sp³-hybridized carbons (Fsp3) is 0.636. The standard InChI is InChI=1S/C11H18N4O/c1-8-10(14-7-13-8)6-12-5-4-11(16)15-9-2-3-9/h7,9,12H,2-6H2,1H3,(H,13,14)(H,15,16). The summed E-state index contributed by atoms with van der Waals surface area (Å²) in [6, 6.07) is 0.459. The molecule has 0 aromatic carbocycles. The quantitative estimate of drug-likeness (QED) is 0.613. The summed E-state index contributed by atoms with van der Waals surface area (Å²) in [7, 11) is 0. The molecule has 16 heavy (non-hydrogen) atoms. The minimum Gasteiger partial charge on any atom is -0.353 e. The molecule has 1 fully saturated rings. The predicted molar refractivity (Wildman–Crippen MR) is 60.8 cm³/mol. The van der Waals surface area contributed by atoms with E-state index in [0.29, 0.717) is 25.6 Å². The molecule has 1 aromatic heterocycles. The van der Waals surface area contributed by atoms with Gasteiger partial charge in [0.2, 0.25) is 5.91 Å². The zero-order valence-corrected chi connectivity index (χ0v) is 9.55. The molecule has 1 aromatic rings. The molecule has 1 saturated carbocycles. The van der Waals surface area contributed by atoms with Gasteiger partial charge >= 0.3 is 0 Å². The summed E-state index contributed by atoms with van der Waals surface area (Å²) in [6.45, 7) is 3.40. The van der Waals surface area contributed by atoms with Gasteiger partial charge in [0.25, 0.3) is 0 Å². The minimum atomic E-state index is 0.147. The van der Waals surface area contributed by atoms with Crippen molar-refractivity contribution in [2.75, 3.05) is 6.54 Å². The number of hydrogen-bond acceptors (Lipinski definition) is 3. The molecule has 88 valence electrons. The Hall–Kier alpha value is -1.36. The number of aryl methyl sites for hydroxylation is 1. The van der Waals surface area contributed by atoms with Gasteiger partial charge in [-0.25, -0.2) is 4.98 Å². The minimum absolute atomic E-state index is 0.147. The van der Waals surface area contributed by atoms with E-state index in [4.69, 9.17) is 0 Å². The first-order chi connectivity index (χ1) is 7.75. The maximum absolute atomic E-state index is 11.3. The number of aromatic nitrogens is 2. The highest BCUT2D eigenvalue weighted by Gasteiger charge is 2.22. The molecule has 5 heteroatoms. The van der Waals surface area contributed by atoms with E-state index < -0.39 is 0 Å². The van der Waals surface area contributed by atoms with Crippen LogP contribution in [0.15, 0.2) is 6.33 Å². The van der Waals surface area contributed by atoms with Gasteiger partial charge in [-0.3, -0.25) is 4.79 Å². The number of carbonyl (C=O) groups is 1. The second-order valence-corrected chi connectivity index (χ2v) is 4.24. The number of nitrogens with zero attached hydrogens (tertiary/aromatic N) is 1. The van der Waals surface area contributed by atoms with Crippen LogP contribution in [0.3, 0.4) is 0 Å². The fourth-order valence-electron chi connectivity index (χ4n) is 1.50. The summed E-state index contributed by atoms with van der Waals surface area (Å²) in [5, 5.41) is 6.17. The van der Waals surface area contributed by atoms with E-state index in [2.05, 4.69) is 20.6 Å². The second-order valence-electron chi connectivity index (χ2n) is 4.24. The molecule has 1 amide bonds. The molecule has 0 aliphatic heterocycles. The van der Waals surface area contributed by atoms with Gasteiger partial charge in [-0.15, -0.1) is 0 Å². The lowest BCUT2D eigenvalue weighted by Gasteiger charge is -2.04. The third kappa shape index (κ3) is 3.34. The molecule has 1 aliphatic carbocycles. The molecule has 5 nitrogen and oxygen atoms in total. The van der Waals surface area contributed by atoms with Crippen LogP contribution in [0.1, 0.15) is 30.7 Å². The van der Waals surface area contributed by atoms with E-state index in [1.54, 1.807) is 6.33 Å². The van der Waals surface area contributed by atoms with Crippen LogP contribution in [0, 0.1) is 6.92 Å². The Balaban J connectivity index is 1.57. The SMILES string of the molecule is Cc1[nH]cnc1CNCCC(=O)NC1CC1. The van der Waals surface area contributed by atoms with Crippen LogP contribution in [0.25, 0.3) is 0 Å². The van der Waals surface area contributed by atoms with Crippen LogP contribution in [0.4, 0.5) is 0 Å². The largest absolute Gasteiger partial charge is 0.353 e. The smallest absolute Gasteiger partial charge is 0.221 e. The molecule has 0 atom stereocenters. The van der Waals surface area contributed by atoms with Gasteiger partial charge in [0.05, 0.1) is 12.0 Å². The molecule has 0 unspecified atom stereocenters. The van der Waals surface area contributed by atoms with Crippen molar-refractivity contribution in [1.29, 1.82) is 0 Å². The van der Waals surface area contributed by atoms with Crippen molar-refractivity contribution in [3.05, 3.63) is 17.7 Å². The van der Waals surface area contributed by atoms with Gasteiger partial charge in [-0.05, 0) is 19.8 Å². The Kier molecular flexibility index (Phi) is 3.56. The third-order valence-electron chi connectivity index (χ3n) is 2.70. The number of amides is 1. The number of rotatable bonds is 6. The molecule has 0 radical (unpaired) electrons. The Morgan fingerprint density at radius 3 is 3.06 bits per heavy atom. The van der Waals surface area contributed by atoms with E-state index in [1.807, 2.05) is 6.92 Å². The van der Waals surface area contributed by atoms with Crippen molar-refractivity contribution >= 4 is 5.91 Å². The highest BCUT2D eigenvalue weighted by Crippen LogP contribution is 2.18. The predicted octanol–water partition coefficient (Wildman–Crippen LogP) is 0.476. The molecular formula is C11H18N4O. The van der Waals surface area contributed by atoms with E-state index >= 15 is 0 Å². The van der Waals surface area contributed by atoms with Gasteiger partial charge in [0.1, 0.15) is 0 Å². The van der Waals surface area contributed by atoms with Crippen molar-refractivity contribution in [2.45, 2.75) is 38.8 Å². The average Bonchev–Trinajstić information content (AvgIpc) is 2.96. The summed E-state index contributed by atoms with van der Waals surface area (Å²) in [4.78, 5) is 18.5. The van der Waals surface area contributed by atoms with Crippen molar-refractivity contribution in [2.24, 2.45) is 0 Å². The zero-order valence-electron chi connectivity index (χ0n) is 9.55. The number of aromatic amines is 1. The summed E-state index contributed by atoms with van der Waals surface area (Å²) in [5.41, 5.74) is 2.09. The highest BCUT2D eigenvalue weighted by molar-refractivity contribution is 5.76. The highest BCUT2D eigenvalue weighted by atomic mass is 16.1. The Morgan fingerprint density at radius 2 is 2.44 bits per heavy atom. The molecule has 0 spiro atoms. The molecule has 0 saturated heterocycles. The van der Waals surface area contributed by atoms with E-state index in [9.17, 15) is 4.79 Å². The van der Waals surface area contributed by atoms with E-state index in [1.165, 1.54) is 0 Å². The topological polar surface area (TPSA) is 69.8 Å². The number of hydrogen-bond donors (Lipinski definition) is 3. The first-order valence-corrected chi connectivity index (χ1v) is 5.74. The molecule has 1 heterocycles. The zero-order chi connectivity index (χ0) is 11.4. The molecule has 2 rings (SSSR count). The van der Waals surface area contributed by atoms with E-state index in [-0.39, 0.29) is 5.91 Å². The number of imidazole rings is 1. The first-order valence-electron chi connectivity index (χ1n) is 5.74. The van der Waals surface area contributed by atoms with Crippen LogP contribution in [0.2, 0.25) is 0 Å². The molecular weight excluding hydrogens is 204 g/mol. The summed E-state index contributed by atoms with van der Waals surface area (Å²) in [5.74, 6) is 0.147. The average molecular weight is 222 g/mol. The Bertz CT molecular complexity index is 357. The van der Waals surface area contributed by atoms with Gasteiger partial charge < -0.3 is 15.6 Å². The number of H-pyrrole nitrogens is 1. The normalized spacial score (nSPS) is 15.1. The summed E-state index contributed by atoms with van der Waals surface area (Å²) in [6.07, 6.45) is 4.52. The Labute approximate surface area is 95.0 Å². The van der Waals surface area contributed by atoms with Crippen molar-refractivity contribution in [1.82, 2.24) is 20.6 Å².